The van der Waals surface area contributed by atoms with Gasteiger partial charge in [-0.2, -0.15) is 5.10 Å². The summed E-state index contributed by atoms with van der Waals surface area (Å²) < 4.78 is 3.29. The zero-order valence-corrected chi connectivity index (χ0v) is 20.4. The number of carbonyl (C=O) groups is 1. The van der Waals surface area contributed by atoms with E-state index in [4.69, 9.17) is 0 Å². The van der Waals surface area contributed by atoms with Gasteiger partial charge < -0.3 is 4.90 Å². The number of fused-ring (bicyclic) bond motifs is 1. The molecule has 1 saturated heterocycles. The first-order valence-corrected chi connectivity index (χ1v) is 12.3. The molecule has 35 heavy (non-hydrogen) atoms. The van der Waals surface area contributed by atoms with Crippen molar-refractivity contribution in [3.8, 4) is 5.69 Å². The van der Waals surface area contributed by atoms with Crippen LogP contribution in [-0.4, -0.2) is 43.2 Å². The molecule has 0 N–H and O–H groups in total. The SMILES string of the molecule is Cc1ccc(-n2ncc3c(=O)n(CCC(=O)N4CCC(Cc5ccccc5)CC4)c(C)nc32)cc1. The van der Waals surface area contributed by atoms with Crippen LogP contribution in [0.2, 0.25) is 0 Å². The number of likely N-dealkylation sites (tertiary alicyclic amines) is 1. The lowest BCUT2D eigenvalue weighted by molar-refractivity contribution is -0.132. The number of amides is 1. The van der Waals surface area contributed by atoms with Gasteiger partial charge in [0.05, 0.1) is 11.9 Å². The van der Waals surface area contributed by atoms with Crippen molar-refractivity contribution >= 4 is 16.9 Å². The van der Waals surface area contributed by atoms with Gasteiger partial charge in [0.2, 0.25) is 5.91 Å². The Morgan fingerprint density at radius 1 is 1.00 bits per heavy atom. The van der Waals surface area contributed by atoms with Crippen LogP contribution in [0, 0.1) is 19.8 Å². The fraction of sp³-hybridized carbons (Fsp3) is 0.357. The second-order valence-corrected chi connectivity index (χ2v) is 9.51. The molecule has 4 aromatic rings. The highest BCUT2D eigenvalue weighted by molar-refractivity contribution is 5.77. The second-order valence-electron chi connectivity index (χ2n) is 9.51. The smallest absolute Gasteiger partial charge is 0.264 e. The molecule has 0 radical (unpaired) electrons. The summed E-state index contributed by atoms with van der Waals surface area (Å²) in [6.45, 7) is 5.73. The molecule has 3 heterocycles. The number of rotatable bonds is 6. The number of hydrogen-bond donors (Lipinski definition) is 0. The summed E-state index contributed by atoms with van der Waals surface area (Å²) in [6.07, 6.45) is 4.97. The quantitative estimate of drug-likeness (QED) is 0.427. The van der Waals surface area contributed by atoms with E-state index in [1.807, 2.05) is 49.1 Å². The number of nitrogens with zero attached hydrogens (tertiary/aromatic N) is 5. The molecule has 7 heteroatoms. The van der Waals surface area contributed by atoms with Crippen molar-refractivity contribution in [3.63, 3.8) is 0 Å². The van der Waals surface area contributed by atoms with E-state index in [0.29, 0.717) is 35.7 Å². The van der Waals surface area contributed by atoms with E-state index in [2.05, 4.69) is 34.3 Å². The van der Waals surface area contributed by atoms with E-state index in [-0.39, 0.29) is 11.5 Å². The molecule has 1 aliphatic rings. The molecule has 180 valence electrons. The maximum atomic E-state index is 13.2. The summed E-state index contributed by atoms with van der Waals surface area (Å²) >= 11 is 0. The summed E-state index contributed by atoms with van der Waals surface area (Å²) in [4.78, 5) is 32.7. The molecule has 0 atom stereocenters. The van der Waals surface area contributed by atoms with Crippen molar-refractivity contribution in [2.75, 3.05) is 13.1 Å². The Balaban J connectivity index is 1.23. The largest absolute Gasteiger partial charge is 0.343 e. The molecule has 5 rings (SSSR count). The first kappa shape index (κ1) is 23.0. The fourth-order valence-electron chi connectivity index (χ4n) is 4.94. The first-order chi connectivity index (χ1) is 17.0. The zero-order valence-electron chi connectivity index (χ0n) is 20.4. The zero-order chi connectivity index (χ0) is 24.4. The third-order valence-electron chi connectivity index (χ3n) is 7.04. The lowest BCUT2D eigenvalue weighted by Gasteiger charge is -2.32. The van der Waals surface area contributed by atoms with Crippen molar-refractivity contribution in [2.24, 2.45) is 5.92 Å². The van der Waals surface area contributed by atoms with Crippen LogP contribution in [0.4, 0.5) is 0 Å². The van der Waals surface area contributed by atoms with Gasteiger partial charge in [-0.15, -0.1) is 0 Å². The van der Waals surface area contributed by atoms with Gasteiger partial charge in [-0.05, 0) is 56.7 Å². The van der Waals surface area contributed by atoms with Gasteiger partial charge in [-0.25, -0.2) is 9.67 Å². The maximum Gasteiger partial charge on any atom is 0.264 e. The Morgan fingerprint density at radius 3 is 2.43 bits per heavy atom. The Bertz CT molecular complexity index is 1380. The molecule has 0 spiro atoms. The Hall–Kier alpha value is -3.74. The normalized spacial score (nSPS) is 14.5. The summed E-state index contributed by atoms with van der Waals surface area (Å²) in [7, 11) is 0. The van der Waals surface area contributed by atoms with E-state index >= 15 is 0 Å². The van der Waals surface area contributed by atoms with Gasteiger partial charge >= 0.3 is 0 Å². The molecule has 1 fully saturated rings. The Kier molecular flexibility index (Phi) is 6.49. The third kappa shape index (κ3) is 4.90. The average molecular weight is 470 g/mol. The van der Waals surface area contributed by atoms with Crippen molar-refractivity contribution in [1.29, 1.82) is 0 Å². The van der Waals surface area contributed by atoms with Gasteiger partial charge in [-0.1, -0.05) is 48.0 Å². The molecule has 2 aromatic heterocycles. The highest BCUT2D eigenvalue weighted by atomic mass is 16.2. The van der Waals surface area contributed by atoms with Crippen LogP contribution in [0.3, 0.4) is 0 Å². The number of aryl methyl sites for hydroxylation is 2. The average Bonchev–Trinajstić information content (AvgIpc) is 3.29. The second kappa shape index (κ2) is 9.86. The topological polar surface area (TPSA) is 73.0 Å². The molecule has 0 bridgehead atoms. The highest BCUT2D eigenvalue weighted by Gasteiger charge is 2.23. The molecular weight excluding hydrogens is 438 g/mol. The maximum absolute atomic E-state index is 13.2. The van der Waals surface area contributed by atoms with Crippen LogP contribution < -0.4 is 5.56 Å². The van der Waals surface area contributed by atoms with E-state index in [1.165, 1.54) is 5.56 Å². The Labute approximate surface area is 205 Å². The molecule has 0 saturated carbocycles. The summed E-state index contributed by atoms with van der Waals surface area (Å²) in [6, 6.07) is 18.5. The molecule has 2 aromatic carbocycles. The minimum Gasteiger partial charge on any atom is -0.343 e. The van der Waals surface area contributed by atoms with Crippen molar-refractivity contribution in [3.05, 3.63) is 88.1 Å². The third-order valence-corrected chi connectivity index (χ3v) is 7.04. The van der Waals surface area contributed by atoms with Crippen LogP contribution in [-0.2, 0) is 17.8 Å². The molecule has 1 amide bonds. The van der Waals surface area contributed by atoms with Crippen LogP contribution in [0.5, 0.6) is 0 Å². The van der Waals surface area contributed by atoms with E-state index < -0.39 is 0 Å². The molecule has 0 unspecified atom stereocenters. The number of piperidine rings is 1. The fourth-order valence-corrected chi connectivity index (χ4v) is 4.94. The van der Waals surface area contributed by atoms with E-state index in [1.54, 1.807) is 15.4 Å². The van der Waals surface area contributed by atoms with Gasteiger partial charge in [0, 0.05) is 26.1 Å². The van der Waals surface area contributed by atoms with Crippen LogP contribution in [0.15, 0.2) is 65.6 Å². The number of benzene rings is 2. The van der Waals surface area contributed by atoms with Gasteiger partial charge in [-0.3, -0.25) is 14.2 Å². The van der Waals surface area contributed by atoms with Crippen LogP contribution in [0.25, 0.3) is 16.7 Å². The summed E-state index contributed by atoms with van der Waals surface area (Å²) in [5.74, 6) is 1.30. The summed E-state index contributed by atoms with van der Waals surface area (Å²) in [5.41, 5.74) is 3.77. The first-order valence-electron chi connectivity index (χ1n) is 12.3. The molecule has 1 aliphatic heterocycles. The predicted octanol–water partition coefficient (Wildman–Crippen LogP) is 4.07. The van der Waals surface area contributed by atoms with E-state index in [9.17, 15) is 9.59 Å². The van der Waals surface area contributed by atoms with E-state index in [0.717, 1.165) is 43.6 Å². The minimum atomic E-state index is -0.153. The van der Waals surface area contributed by atoms with Gasteiger partial charge in [0.15, 0.2) is 5.65 Å². The lowest BCUT2D eigenvalue weighted by atomic mass is 9.90. The standard InChI is InChI=1S/C28H31N5O2/c1-20-8-10-24(11-9-20)33-27-25(19-29-33)28(35)32(21(2)30-27)17-14-26(34)31-15-12-23(13-16-31)18-22-6-4-3-5-7-22/h3-11,19,23H,12-18H2,1-2H3. The monoisotopic (exact) mass is 469 g/mol. The molecule has 7 nitrogen and oxygen atoms in total. The van der Waals surface area contributed by atoms with Gasteiger partial charge in [0.25, 0.3) is 5.56 Å². The van der Waals surface area contributed by atoms with Crippen LogP contribution in [0.1, 0.15) is 36.2 Å². The number of aromatic nitrogens is 4. The van der Waals surface area contributed by atoms with Gasteiger partial charge in [0.1, 0.15) is 11.2 Å². The number of hydrogen-bond acceptors (Lipinski definition) is 4. The van der Waals surface area contributed by atoms with Crippen molar-refractivity contribution in [2.45, 2.75) is 46.1 Å². The van der Waals surface area contributed by atoms with Crippen molar-refractivity contribution in [1.82, 2.24) is 24.2 Å². The van der Waals surface area contributed by atoms with Crippen LogP contribution >= 0.6 is 0 Å². The lowest BCUT2D eigenvalue weighted by Crippen LogP contribution is -2.39. The summed E-state index contributed by atoms with van der Waals surface area (Å²) in [5, 5.41) is 4.87. The molecule has 0 aliphatic carbocycles. The Morgan fingerprint density at radius 2 is 1.71 bits per heavy atom. The highest BCUT2D eigenvalue weighted by Crippen LogP contribution is 2.22. The minimum absolute atomic E-state index is 0.102. The number of carbonyl (C=O) groups excluding carboxylic acids is 1. The molecular formula is C28H31N5O2. The van der Waals surface area contributed by atoms with Crippen molar-refractivity contribution < 1.29 is 4.79 Å². The predicted molar refractivity (Wildman–Crippen MR) is 137 cm³/mol.